The molecule has 6 heteroatoms. The molecule has 0 bridgehead atoms. The molecule has 2 aromatic heterocycles. The van der Waals surface area contributed by atoms with E-state index in [2.05, 4.69) is 9.97 Å². The molecule has 2 heterocycles. The first kappa shape index (κ1) is 13.4. The molecule has 0 atom stereocenters. The lowest BCUT2D eigenvalue weighted by molar-refractivity contribution is 1.32. The molecule has 2 N–H and O–H groups in total. The molecule has 0 saturated heterocycles. The standard InChI is InChI=1S/C14H9Cl2N3S/c15-8-3-4-11(16)10(6-8)12-7-20-14(19-12)9-2-1-5-18-13(9)17/h1-7H,(H2,17,18). The predicted molar refractivity (Wildman–Crippen MR) is 85.2 cm³/mol. The van der Waals surface area contributed by atoms with E-state index in [1.165, 1.54) is 11.3 Å². The number of thiazole rings is 1. The van der Waals surface area contributed by atoms with E-state index in [1.807, 2.05) is 17.5 Å². The van der Waals surface area contributed by atoms with Gasteiger partial charge in [-0.25, -0.2) is 9.97 Å². The third-order valence-electron chi connectivity index (χ3n) is 2.78. The third-order valence-corrected chi connectivity index (χ3v) is 4.22. The van der Waals surface area contributed by atoms with Crippen LogP contribution < -0.4 is 5.73 Å². The van der Waals surface area contributed by atoms with Gasteiger partial charge in [0.05, 0.1) is 16.3 Å². The molecule has 3 nitrogen and oxygen atoms in total. The summed E-state index contributed by atoms with van der Waals surface area (Å²) >= 11 is 13.7. The van der Waals surface area contributed by atoms with E-state index in [0.717, 1.165) is 21.8 Å². The van der Waals surface area contributed by atoms with Crippen LogP contribution in [0, 0.1) is 0 Å². The van der Waals surface area contributed by atoms with E-state index < -0.39 is 0 Å². The Bertz CT molecular complexity index is 771. The van der Waals surface area contributed by atoms with Crippen LogP contribution >= 0.6 is 34.5 Å². The van der Waals surface area contributed by atoms with Gasteiger partial charge >= 0.3 is 0 Å². The van der Waals surface area contributed by atoms with Crippen LogP contribution in [-0.2, 0) is 0 Å². The van der Waals surface area contributed by atoms with Gasteiger partial charge in [-0.15, -0.1) is 11.3 Å². The van der Waals surface area contributed by atoms with Crippen LogP contribution in [0.3, 0.4) is 0 Å². The van der Waals surface area contributed by atoms with Crippen molar-refractivity contribution in [2.24, 2.45) is 0 Å². The first-order valence-electron chi connectivity index (χ1n) is 5.77. The lowest BCUT2D eigenvalue weighted by Crippen LogP contribution is -1.92. The van der Waals surface area contributed by atoms with Gasteiger partial charge in [0, 0.05) is 22.2 Å². The van der Waals surface area contributed by atoms with E-state index in [0.29, 0.717) is 15.9 Å². The summed E-state index contributed by atoms with van der Waals surface area (Å²) in [4.78, 5) is 8.64. The smallest absolute Gasteiger partial charge is 0.133 e. The van der Waals surface area contributed by atoms with Gasteiger partial charge in [-0.2, -0.15) is 0 Å². The van der Waals surface area contributed by atoms with Gasteiger partial charge in [0.2, 0.25) is 0 Å². The minimum Gasteiger partial charge on any atom is -0.383 e. The molecule has 3 rings (SSSR count). The topological polar surface area (TPSA) is 51.8 Å². The van der Waals surface area contributed by atoms with Crippen molar-refractivity contribution in [1.29, 1.82) is 0 Å². The molecule has 0 fully saturated rings. The fraction of sp³-hybridized carbons (Fsp3) is 0. The third kappa shape index (κ3) is 2.50. The van der Waals surface area contributed by atoms with E-state index in [1.54, 1.807) is 24.4 Å². The Morgan fingerprint density at radius 1 is 1.10 bits per heavy atom. The Balaban J connectivity index is 2.07. The molecule has 0 amide bonds. The maximum absolute atomic E-state index is 6.19. The van der Waals surface area contributed by atoms with Gasteiger partial charge in [-0.1, -0.05) is 23.2 Å². The van der Waals surface area contributed by atoms with Crippen LogP contribution in [0.2, 0.25) is 10.0 Å². The number of nitrogens with two attached hydrogens (primary N) is 1. The molecule has 0 spiro atoms. The summed E-state index contributed by atoms with van der Waals surface area (Å²) in [5.74, 6) is 0.464. The van der Waals surface area contributed by atoms with Crippen molar-refractivity contribution in [3.63, 3.8) is 0 Å². The van der Waals surface area contributed by atoms with Gasteiger partial charge in [0.25, 0.3) is 0 Å². The molecule has 20 heavy (non-hydrogen) atoms. The van der Waals surface area contributed by atoms with E-state index in [-0.39, 0.29) is 0 Å². The average Bonchev–Trinajstić information content (AvgIpc) is 2.91. The molecule has 0 aliphatic rings. The van der Waals surface area contributed by atoms with Crippen LogP contribution in [0.5, 0.6) is 0 Å². The summed E-state index contributed by atoms with van der Waals surface area (Å²) in [7, 11) is 0. The Kier molecular flexibility index (Phi) is 3.61. The zero-order valence-corrected chi connectivity index (χ0v) is 12.5. The second kappa shape index (κ2) is 5.40. The molecule has 1 aromatic carbocycles. The van der Waals surface area contributed by atoms with Crippen molar-refractivity contribution >= 4 is 40.4 Å². The number of benzene rings is 1. The fourth-order valence-electron chi connectivity index (χ4n) is 1.81. The number of nitrogens with zero attached hydrogens (tertiary/aromatic N) is 2. The zero-order chi connectivity index (χ0) is 14.1. The van der Waals surface area contributed by atoms with Crippen LogP contribution in [0.25, 0.3) is 21.8 Å². The highest BCUT2D eigenvalue weighted by molar-refractivity contribution is 7.13. The second-order valence-corrected chi connectivity index (χ2v) is 5.80. The summed E-state index contributed by atoms with van der Waals surface area (Å²) in [5.41, 5.74) is 8.27. The van der Waals surface area contributed by atoms with Crippen molar-refractivity contribution in [3.8, 4) is 21.8 Å². The van der Waals surface area contributed by atoms with Crippen molar-refractivity contribution in [3.05, 3.63) is 52.0 Å². The van der Waals surface area contributed by atoms with Gasteiger partial charge in [-0.3, -0.25) is 0 Å². The number of pyridine rings is 1. The van der Waals surface area contributed by atoms with Crippen LogP contribution in [0.15, 0.2) is 41.9 Å². The molecular formula is C14H9Cl2N3S. The summed E-state index contributed by atoms with van der Waals surface area (Å²) in [6, 6.07) is 9.04. The minimum atomic E-state index is 0.464. The molecule has 3 aromatic rings. The minimum absolute atomic E-state index is 0.464. The molecule has 0 unspecified atom stereocenters. The highest BCUT2D eigenvalue weighted by Gasteiger charge is 2.12. The summed E-state index contributed by atoms with van der Waals surface area (Å²) in [6.45, 7) is 0. The summed E-state index contributed by atoms with van der Waals surface area (Å²) in [6.07, 6.45) is 1.65. The normalized spacial score (nSPS) is 10.7. The number of nitrogen functional groups attached to an aromatic ring is 1. The number of halogens is 2. The Morgan fingerprint density at radius 3 is 2.75 bits per heavy atom. The lowest BCUT2D eigenvalue weighted by Gasteiger charge is -2.02. The highest BCUT2D eigenvalue weighted by Crippen LogP contribution is 2.35. The predicted octanol–water partition coefficient (Wildman–Crippen LogP) is 4.76. The number of rotatable bonds is 2. The summed E-state index contributed by atoms with van der Waals surface area (Å²) in [5, 5.41) is 3.98. The molecule has 0 radical (unpaired) electrons. The highest BCUT2D eigenvalue weighted by atomic mass is 35.5. The molecule has 0 saturated carbocycles. The van der Waals surface area contributed by atoms with Crippen molar-refractivity contribution in [2.45, 2.75) is 0 Å². The van der Waals surface area contributed by atoms with Crippen LogP contribution in [0.1, 0.15) is 0 Å². The zero-order valence-electron chi connectivity index (χ0n) is 10.2. The number of aromatic nitrogens is 2. The van der Waals surface area contributed by atoms with Crippen molar-refractivity contribution < 1.29 is 0 Å². The number of anilines is 1. The van der Waals surface area contributed by atoms with E-state index in [4.69, 9.17) is 28.9 Å². The van der Waals surface area contributed by atoms with E-state index in [9.17, 15) is 0 Å². The van der Waals surface area contributed by atoms with Gasteiger partial charge in [0.1, 0.15) is 10.8 Å². The van der Waals surface area contributed by atoms with Gasteiger partial charge in [-0.05, 0) is 30.3 Å². The molecular weight excluding hydrogens is 313 g/mol. The second-order valence-electron chi connectivity index (χ2n) is 4.10. The summed E-state index contributed by atoms with van der Waals surface area (Å²) < 4.78 is 0. The molecule has 0 aliphatic carbocycles. The first-order valence-corrected chi connectivity index (χ1v) is 7.40. The van der Waals surface area contributed by atoms with Crippen molar-refractivity contribution in [1.82, 2.24) is 9.97 Å². The first-order chi connectivity index (χ1) is 9.65. The quantitative estimate of drug-likeness (QED) is 0.740. The van der Waals surface area contributed by atoms with Gasteiger partial charge < -0.3 is 5.73 Å². The van der Waals surface area contributed by atoms with Crippen LogP contribution in [0.4, 0.5) is 5.82 Å². The molecule has 100 valence electrons. The number of hydrogen-bond donors (Lipinski definition) is 1. The van der Waals surface area contributed by atoms with E-state index >= 15 is 0 Å². The average molecular weight is 322 g/mol. The molecule has 0 aliphatic heterocycles. The van der Waals surface area contributed by atoms with Gasteiger partial charge in [0.15, 0.2) is 0 Å². The Labute approximate surface area is 130 Å². The maximum atomic E-state index is 6.19. The Morgan fingerprint density at radius 2 is 1.95 bits per heavy atom. The largest absolute Gasteiger partial charge is 0.383 e. The van der Waals surface area contributed by atoms with Crippen molar-refractivity contribution in [2.75, 3.05) is 5.73 Å². The van der Waals surface area contributed by atoms with Crippen LogP contribution in [-0.4, -0.2) is 9.97 Å². The fourth-order valence-corrected chi connectivity index (χ4v) is 3.05. The maximum Gasteiger partial charge on any atom is 0.133 e. The number of hydrogen-bond acceptors (Lipinski definition) is 4. The lowest BCUT2D eigenvalue weighted by atomic mass is 10.2. The SMILES string of the molecule is Nc1ncccc1-c1nc(-c2cc(Cl)ccc2Cl)cs1. The monoisotopic (exact) mass is 321 g/mol. The Hall–Kier alpha value is -1.62.